The first-order chi connectivity index (χ1) is 13.4. The summed E-state index contributed by atoms with van der Waals surface area (Å²) >= 11 is 1.61. The predicted octanol–water partition coefficient (Wildman–Crippen LogP) is 3.05. The largest absolute Gasteiger partial charge is 0.337 e. The highest BCUT2D eigenvalue weighted by Crippen LogP contribution is 2.42. The second kappa shape index (κ2) is 7.05. The van der Waals surface area contributed by atoms with Gasteiger partial charge in [0.1, 0.15) is 12.1 Å². The van der Waals surface area contributed by atoms with E-state index in [-0.39, 0.29) is 24.4 Å². The minimum absolute atomic E-state index is 0.151. The molecule has 2 aliphatic rings. The number of nitrogens with zero attached hydrogens (tertiary/aromatic N) is 2. The summed E-state index contributed by atoms with van der Waals surface area (Å²) in [4.78, 5) is 42.5. The molecular formula is C21H23N3O3S. The first-order valence-electron chi connectivity index (χ1n) is 9.45. The number of rotatable bonds is 4. The highest BCUT2D eigenvalue weighted by atomic mass is 32.1. The zero-order valence-electron chi connectivity index (χ0n) is 16.0. The number of hydrogen-bond acceptors (Lipinski definition) is 4. The number of benzene rings is 1. The van der Waals surface area contributed by atoms with E-state index in [1.807, 2.05) is 48.7 Å². The number of amides is 4. The van der Waals surface area contributed by atoms with Gasteiger partial charge in [-0.3, -0.25) is 14.5 Å². The van der Waals surface area contributed by atoms with Crippen molar-refractivity contribution in [2.24, 2.45) is 0 Å². The molecule has 0 bridgehead atoms. The van der Waals surface area contributed by atoms with Crippen LogP contribution in [0.15, 0.2) is 41.8 Å². The molecule has 2 aromatic rings. The predicted molar refractivity (Wildman–Crippen MR) is 107 cm³/mol. The molecule has 1 N–H and O–H groups in total. The standard InChI is InChI=1S/C21H23N3O3S/c1-14(15-7-4-3-5-8-15)23(2)18(25)13-24-19(26)21(22-20(24)27)11-6-9-17-16(21)10-12-28-17/h3-5,7-8,10,12,14H,6,9,11,13H2,1-2H3,(H,22,27)/t14-,21+/m0/s1. The molecule has 0 unspecified atom stereocenters. The van der Waals surface area contributed by atoms with Crippen LogP contribution in [0.1, 0.15) is 41.8 Å². The van der Waals surface area contributed by atoms with Crippen molar-refractivity contribution in [2.45, 2.75) is 37.8 Å². The molecule has 1 aliphatic heterocycles. The van der Waals surface area contributed by atoms with E-state index < -0.39 is 11.6 Å². The molecule has 1 aliphatic carbocycles. The van der Waals surface area contributed by atoms with Crippen LogP contribution in [0.2, 0.25) is 0 Å². The van der Waals surface area contributed by atoms with Crippen molar-refractivity contribution in [1.29, 1.82) is 0 Å². The second-order valence-electron chi connectivity index (χ2n) is 7.43. The van der Waals surface area contributed by atoms with E-state index in [1.165, 1.54) is 0 Å². The number of likely N-dealkylation sites (N-methyl/N-ethyl adjacent to an activating group) is 1. The highest BCUT2D eigenvalue weighted by Gasteiger charge is 2.54. The normalized spacial score (nSPS) is 22.1. The summed E-state index contributed by atoms with van der Waals surface area (Å²) in [6, 6.07) is 11.0. The Labute approximate surface area is 168 Å². The van der Waals surface area contributed by atoms with Crippen molar-refractivity contribution in [3.63, 3.8) is 0 Å². The number of thiophene rings is 1. The van der Waals surface area contributed by atoms with Crippen LogP contribution >= 0.6 is 11.3 Å². The van der Waals surface area contributed by atoms with Crippen molar-refractivity contribution in [3.8, 4) is 0 Å². The summed E-state index contributed by atoms with van der Waals surface area (Å²) in [5, 5.41) is 4.85. The van der Waals surface area contributed by atoms with Crippen LogP contribution in [0, 0.1) is 0 Å². The van der Waals surface area contributed by atoms with E-state index in [1.54, 1.807) is 23.3 Å². The maximum Gasteiger partial charge on any atom is 0.325 e. The second-order valence-corrected chi connectivity index (χ2v) is 8.43. The van der Waals surface area contributed by atoms with E-state index >= 15 is 0 Å². The van der Waals surface area contributed by atoms with Gasteiger partial charge in [0.05, 0.1) is 6.04 Å². The topological polar surface area (TPSA) is 69.7 Å². The minimum Gasteiger partial charge on any atom is -0.337 e. The average molecular weight is 398 g/mol. The summed E-state index contributed by atoms with van der Waals surface area (Å²) < 4.78 is 0. The van der Waals surface area contributed by atoms with Crippen LogP contribution < -0.4 is 5.32 Å². The number of fused-ring (bicyclic) bond motifs is 2. The van der Waals surface area contributed by atoms with Gasteiger partial charge in [-0.15, -0.1) is 11.3 Å². The van der Waals surface area contributed by atoms with Gasteiger partial charge in [-0.1, -0.05) is 30.3 Å². The number of aryl methyl sites for hydroxylation is 1. The molecule has 6 nitrogen and oxygen atoms in total. The van der Waals surface area contributed by atoms with E-state index in [0.29, 0.717) is 6.42 Å². The lowest BCUT2D eigenvalue weighted by Crippen LogP contribution is -2.47. The van der Waals surface area contributed by atoms with Gasteiger partial charge in [-0.2, -0.15) is 0 Å². The monoisotopic (exact) mass is 397 g/mol. The summed E-state index contributed by atoms with van der Waals surface area (Å²) in [6.45, 7) is 1.68. The van der Waals surface area contributed by atoms with E-state index in [2.05, 4.69) is 5.32 Å². The number of hydrogen-bond donors (Lipinski definition) is 1. The Morgan fingerprint density at radius 3 is 2.79 bits per heavy atom. The van der Waals surface area contributed by atoms with Crippen molar-refractivity contribution in [2.75, 3.05) is 13.6 Å². The highest BCUT2D eigenvalue weighted by molar-refractivity contribution is 7.10. The molecule has 0 radical (unpaired) electrons. The van der Waals surface area contributed by atoms with Crippen molar-refractivity contribution >= 4 is 29.2 Å². The number of carbonyl (C=O) groups excluding carboxylic acids is 3. The fourth-order valence-electron chi connectivity index (χ4n) is 4.10. The van der Waals surface area contributed by atoms with Crippen molar-refractivity contribution in [3.05, 3.63) is 57.8 Å². The maximum atomic E-state index is 13.2. The summed E-state index contributed by atoms with van der Waals surface area (Å²) in [5.41, 5.74) is 0.888. The van der Waals surface area contributed by atoms with Gasteiger partial charge in [-0.05, 0) is 43.2 Å². The number of nitrogens with one attached hydrogen (secondary N) is 1. The first-order valence-corrected chi connectivity index (χ1v) is 10.3. The van der Waals surface area contributed by atoms with Crippen LogP contribution in [-0.4, -0.2) is 41.2 Å². The fourth-order valence-corrected chi connectivity index (χ4v) is 5.10. The zero-order chi connectivity index (χ0) is 19.9. The SMILES string of the molecule is C[C@@H](c1ccccc1)N(C)C(=O)CN1C(=O)N[C@@]2(CCCc3sccc32)C1=O. The lowest BCUT2D eigenvalue weighted by molar-refractivity contribution is -0.139. The molecule has 4 rings (SSSR count). The smallest absolute Gasteiger partial charge is 0.325 e. The fraction of sp³-hybridized carbons (Fsp3) is 0.381. The van der Waals surface area contributed by atoms with E-state index in [4.69, 9.17) is 0 Å². The van der Waals surface area contributed by atoms with Crippen LogP contribution in [-0.2, 0) is 21.5 Å². The third-order valence-corrected chi connectivity index (χ3v) is 6.87. The van der Waals surface area contributed by atoms with Gasteiger partial charge in [0.15, 0.2) is 0 Å². The molecule has 1 fully saturated rings. The molecule has 4 amide bonds. The number of urea groups is 1. The molecule has 1 aromatic carbocycles. The van der Waals surface area contributed by atoms with Gasteiger partial charge in [0.2, 0.25) is 5.91 Å². The van der Waals surface area contributed by atoms with Gasteiger partial charge in [-0.25, -0.2) is 4.79 Å². The molecule has 2 heterocycles. The Bertz CT molecular complexity index is 926. The number of imide groups is 1. The third kappa shape index (κ3) is 2.90. The lowest BCUT2D eigenvalue weighted by atomic mass is 9.80. The molecule has 1 aromatic heterocycles. The molecule has 28 heavy (non-hydrogen) atoms. The molecule has 1 spiro atoms. The molecule has 1 saturated heterocycles. The van der Waals surface area contributed by atoms with E-state index in [0.717, 1.165) is 33.7 Å². The van der Waals surface area contributed by atoms with Crippen molar-refractivity contribution < 1.29 is 14.4 Å². The van der Waals surface area contributed by atoms with Gasteiger partial charge < -0.3 is 10.2 Å². The van der Waals surface area contributed by atoms with Crippen LogP contribution in [0.5, 0.6) is 0 Å². The Hall–Kier alpha value is -2.67. The lowest BCUT2D eigenvalue weighted by Gasteiger charge is -2.31. The first kappa shape index (κ1) is 18.7. The Kier molecular flexibility index (Phi) is 4.71. The van der Waals surface area contributed by atoms with Gasteiger partial charge in [0, 0.05) is 17.5 Å². The van der Waals surface area contributed by atoms with Crippen LogP contribution in [0.4, 0.5) is 4.79 Å². The zero-order valence-corrected chi connectivity index (χ0v) is 16.8. The summed E-state index contributed by atoms with van der Waals surface area (Å²) in [6.07, 6.45) is 2.34. The molecule has 0 saturated carbocycles. The minimum atomic E-state index is -1.01. The number of carbonyl (C=O) groups is 3. The third-order valence-electron chi connectivity index (χ3n) is 5.89. The van der Waals surface area contributed by atoms with Crippen LogP contribution in [0.3, 0.4) is 0 Å². The quantitative estimate of drug-likeness (QED) is 0.806. The summed E-state index contributed by atoms with van der Waals surface area (Å²) in [5.74, 6) is -0.579. The summed E-state index contributed by atoms with van der Waals surface area (Å²) in [7, 11) is 1.70. The molecule has 7 heteroatoms. The van der Waals surface area contributed by atoms with Crippen LogP contribution in [0.25, 0.3) is 0 Å². The molecule has 146 valence electrons. The van der Waals surface area contributed by atoms with Crippen molar-refractivity contribution in [1.82, 2.24) is 15.1 Å². The molecule has 2 atom stereocenters. The maximum absolute atomic E-state index is 13.2. The van der Waals surface area contributed by atoms with Gasteiger partial charge in [0.25, 0.3) is 5.91 Å². The Morgan fingerprint density at radius 2 is 2.04 bits per heavy atom. The molecular weight excluding hydrogens is 374 g/mol. The van der Waals surface area contributed by atoms with E-state index in [9.17, 15) is 14.4 Å². The Balaban J connectivity index is 1.52. The Morgan fingerprint density at radius 1 is 1.29 bits per heavy atom. The average Bonchev–Trinajstić information content (AvgIpc) is 3.28. The van der Waals surface area contributed by atoms with Gasteiger partial charge >= 0.3 is 6.03 Å².